The molecule has 1 aliphatic heterocycles. The Balaban J connectivity index is 2.26. The van der Waals surface area contributed by atoms with E-state index in [2.05, 4.69) is 15.9 Å². The predicted molar refractivity (Wildman–Crippen MR) is 63.9 cm³/mol. The van der Waals surface area contributed by atoms with E-state index in [1.54, 1.807) is 10.0 Å². The van der Waals surface area contributed by atoms with E-state index < -0.39 is 0 Å². The summed E-state index contributed by atoms with van der Waals surface area (Å²) in [4.78, 5) is 22.2. The highest BCUT2D eigenvalue weighted by atomic mass is 79.9. The lowest BCUT2D eigenvalue weighted by molar-refractivity contribution is -0.118. The number of carbonyl (C=O) groups is 2. The number of rotatable bonds is 3. The average Bonchev–Trinajstić information content (AvgIpc) is 2.62. The Morgan fingerprint density at radius 1 is 1.31 bits per heavy atom. The van der Waals surface area contributed by atoms with Crippen LogP contribution in [0.3, 0.4) is 0 Å². The fraction of sp³-hybridized carbons (Fsp3) is 0.273. The van der Waals surface area contributed by atoms with Gasteiger partial charge in [-0.05, 0) is 24.3 Å². The van der Waals surface area contributed by atoms with Crippen LogP contribution in [-0.4, -0.2) is 30.3 Å². The van der Waals surface area contributed by atoms with Crippen molar-refractivity contribution in [1.82, 2.24) is 5.01 Å². The molecule has 0 unspecified atom stereocenters. The lowest BCUT2D eigenvalue weighted by atomic mass is 10.3. The molecule has 0 aliphatic carbocycles. The summed E-state index contributed by atoms with van der Waals surface area (Å²) in [5.41, 5.74) is 0.799. The highest BCUT2D eigenvalue weighted by molar-refractivity contribution is 9.10. The van der Waals surface area contributed by atoms with E-state index >= 15 is 0 Å². The maximum Gasteiger partial charge on any atom is 0.242 e. The van der Waals surface area contributed by atoms with Gasteiger partial charge in [-0.15, -0.1) is 0 Å². The standard InChI is InChI=1S/C11H11BrN2O2/c12-9-1-3-10(4-2-9)14-11(16)5-6-13(14)7-8-15/h1-4,8H,5-7H2. The minimum absolute atomic E-state index is 0.0316. The first-order chi connectivity index (χ1) is 7.72. The molecule has 0 bridgehead atoms. The van der Waals surface area contributed by atoms with Crippen molar-refractivity contribution in [2.75, 3.05) is 18.1 Å². The van der Waals surface area contributed by atoms with Crippen LogP contribution < -0.4 is 5.01 Å². The van der Waals surface area contributed by atoms with Gasteiger partial charge >= 0.3 is 0 Å². The van der Waals surface area contributed by atoms with E-state index in [0.29, 0.717) is 13.0 Å². The van der Waals surface area contributed by atoms with Crippen LogP contribution >= 0.6 is 15.9 Å². The third-order valence-electron chi connectivity index (χ3n) is 2.46. The number of hydrazine groups is 1. The van der Waals surface area contributed by atoms with Gasteiger partial charge in [-0.25, -0.2) is 10.0 Å². The number of amides is 1. The van der Waals surface area contributed by atoms with E-state index in [9.17, 15) is 9.59 Å². The molecule has 16 heavy (non-hydrogen) atoms. The van der Waals surface area contributed by atoms with E-state index in [-0.39, 0.29) is 12.5 Å². The summed E-state index contributed by atoms with van der Waals surface area (Å²) >= 11 is 3.34. The van der Waals surface area contributed by atoms with Crippen LogP contribution in [0, 0.1) is 0 Å². The fourth-order valence-electron chi connectivity index (χ4n) is 1.74. The Morgan fingerprint density at radius 2 is 2.00 bits per heavy atom. The van der Waals surface area contributed by atoms with Crippen molar-refractivity contribution in [3.05, 3.63) is 28.7 Å². The summed E-state index contributed by atoms with van der Waals surface area (Å²) < 4.78 is 0.963. The maximum absolute atomic E-state index is 11.7. The lowest BCUT2D eigenvalue weighted by Crippen LogP contribution is -2.40. The molecule has 1 aromatic rings. The number of hydrogen-bond acceptors (Lipinski definition) is 3. The largest absolute Gasteiger partial charge is 0.302 e. The Labute approximate surface area is 102 Å². The highest BCUT2D eigenvalue weighted by Gasteiger charge is 2.29. The van der Waals surface area contributed by atoms with Crippen LogP contribution in [0.5, 0.6) is 0 Å². The molecule has 0 radical (unpaired) electrons. The normalized spacial score (nSPS) is 16.8. The van der Waals surface area contributed by atoms with Crippen LogP contribution in [0.15, 0.2) is 28.7 Å². The molecular weight excluding hydrogens is 272 g/mol. The topological polar surface area (TPSA) is 40.6 Å². The van der Waals surface area contributed by atoms with Gasteiger partial charge in [0.2, 0.25) is 5.91 Å². The summed E-state index contributed by atoms with van der Waals surface area (Å²) in [5, 5.41) is 3.32. The van der Waals surface area contributed by atoms with Gasteiger partial charge in [-0.1, -0.05) is 15.9 Å². The SMILES string of the molecule is O=CCN1CCC(=O)N1c1ccc(Br)cc1. The summed E-state index contributed by atoms with van der Waals surface area (Å²) in [6, 6.07) is 7.45. The molecule has 1 aliphatic rings. The van der Waals surface area contributed by atoms with Crippen molar-refractivity contribution >= 4 is 33.8 Å². The number of hydrogen-bond donors (Lipinski definition) is 0. The van der Waals surface area contributed by atoms with Crippen LogP contribution in [0.2, 0.25) is 0 Å². The van der Waals surface area contributed by atoms with Gasteiger partial charge in [-0.2, -0.15) is 0 Å². The first kappa shape index (κ1) is 11.3. The molecule has 1 amide bonds. The number of carbonyl (C=O) groups excluding carboxylic acids is 2. The molecular formula is C11H11BrN2O2. The summed E-state index contributed by atoms with van der Waals surface area (Å²) in [7, 11) is 0. The third-order valence-corrected chi connectivity index (χ3v) is 2.99. The second-order valence-corrected chi connectivity index (χ2v) is 4.43. The second kappa shape index (κ2) is 4.76. The van der Waals surface area contributed by atoms with Crippen LogP contribution in [0.25, 0.3) is 0 Å². The molecule has 0 saturated carbocycles. The lowest BCUT2D eigenvalue weighted by Gasteiger charge is -2.26. The summed E-state index contributed by atoms with van der Waals surface area (Å²) in [5.74, 6) is 0.0316. The predicted octanol–water partition coefficient (Wildman–Crippen LogP) is 1.60. The molecule has 1 heterocycles. The quantitative estimate of drug-likeness (QED) is 0.791. The van der Waals surface area contributed by atoms with Gasteiger partial charge < -0.3 is 4.79 Å². The Hall–Kier alpha value is -1.20. The molecule has 1 saturated heterocycles. The molecule has 1 fully saturated rings. The van der Waals surface area contributed by atoms with Crippen LogP contribution in [0.4, 0.5) is 5.69 Å². The van der Waals surface area contributed by atoms with Crippen molar-refractivity contribution in [1.29, 1.82) is 0 Å². The number of halogens is 1. The molecule has 2 rings (SSSR count). The van der Waals surface area contributed by atoms with Crippen molar-refractivity contribution < 1.29 is 9.59 Å². The van der Waals surface area contributed by atoms with Gasteiger partial charge in [0.15, 0.2) is 0 Å². The molecule has 5 heteroatoms. The fourth-order valence-corrected chi connectivity index (χ4v) is 2.00. The zero-order valence-corrected chi connectivity index (χ0v) is 10.2. The van der Waals surface area contributed by atoms with Gasteiger partial charge in [0.25, 0.3) is 0 Å². The second-order valence-electron chi connectivity index (χ2n) is 3.51. The first-order valence-electron chi connectivity index (χ1n) is 4.99. The Morgan fingerprint density at radius 3 is 2.62 bits per heavy atom. The Kier molecular flexibility index (Phi) is 3.36. The molecule has 84 valence electrons. The van der Waals surface area contributed by atoms with Crippen molar-refractivity contribution in [3.8, 4) is 0 Å². The minimum Gasteiger partial charge on any atom is -0.302 e. The van der Waals surface area contributed by atoms with Crippen molar-refractivity contribution in [2.24, 2.45) is 0 Å². The smallest absolute Gasteiger partial charge is 0.242 e. The summed E-state index contributed by atoms with van der Waals surface area (Å²) in [6.45, 7) is 0.857. The Bertz CT molecular complexity index is 405. The van der Waals surface area contributed by atoms with Crippen molar-refractivity contribution in [3.63, 3.8) is 0 Å². The van der Waals surface area contributed by atoms with Gasteiger partial charge in [0.05, 0.1) is 12.2 Å². The van der Waals surface area contributed by atoms with Gasteiger partial charge in [0.1, 0.15) is 6.29 Å². The molecule has 4 nitrogen and oxygen atoms in total. The number of aldehydes is 1. The zero-order valence-electron chi connectivity index (χ0n) is 8.60. The van der Waals surface area contributed by atoms with E-state index in [1.807, 2.05) is 24.3 Å². The average molecular weight is 283 g/mol. The van der Waals surface area contributed by atoms with Gasteiger partial charge in [-0.3, -0.25) is 4.79 Å². The number of anilines is 1. The molecule has 0 N–H and O–H groups in total. The van der Waals surface area contributed by atoms with Crippen molar-refractivity contribution in [2.45, 2.75) is 6.42 Å². The van der Waals surface area contributed by atoms with Crippen LogP contribution in [-0.2, 0) is 9.59 Å². The first-order valence-corrected chi connectivity index (χ1v) is 5.78. The van der Waals surface area contributed by atoms with Gasteiger partial charge in [0, 0.05) is 17.4 Å². The minimum atomic E-state index is 0.0316. The van der Waals surface area contributed by atoms with E-state index in [0.717, 1.165) is 16.4 Å². The summed E-state index contributed by atoms with van der Waals surface area (Å²) in [6.07, 6.45) is 1.27. The third kappa shape index (κ3) is 2.15. The number of nitrogens with zero attached hydrogens (tertiary/aromatic N) is 2. The maximum atomic E-state index is 11.7. The van der Waals surface area contributed by atoms with Crippen LogP contribution in [0.1, 0.15) is 6.42 Å². The highest BCUT2D eigenvalue weighted by Crippen LogP contribution is 2.24. The monoisotopic (exact) mass is 282 g/mol. The molecule has 0 aromatic heterocycles. The molecule has 0 spiro atoms. The number of benzene rings is 1. The zero-order chi connectivity index (χ0) is 11.5. The molecule has 1 aromatic carbocycles. The van der Waals surface area contributed by atoms with E-state index in [1.165, 1.54) is 0 Å². The van der Waals surface area contributed by atoms with E-state index in [4.69, 9.17) is 0 Å². The molecule has 0 atom stereocenters.